The minimum absolute atomic E-state index is 0.180. The van der Waals surface area contributed by atoms with Gasteiger partial charge in [0.1, 0.15) is 11.6 Å². The van der Waals surface area contributed by atoms with Crippen molar-refractivity contribution in [2.24, 2.45) is 5.73 Å². The third-order valence-electron chi connectivity index (χ3n) is 3.59. The molecule has 1 rings (SSSR count). The van der Waals surface area contributed by atoms with Gasteiger partial charge in [-0.25, -0.2) is 9.78 Å². The number of aromatic nitrogens is 2. The van der Waals surface area contributed by atoms with Gasteiger partial charge in [0, 0.05) is 24.7 Å². The van der Waals surface area contributed by atoms with E-state index in [4.69, 9.17) is 15.9 Å². The molecule has 1 aromatic rings. The normalized spacial score (nSPS) is 13.5. The summed E-state index contributed by atoms with van der Waals surface area (Å²) in [6, 6.07) is -2.32. The zero-order chi connectivity index (χ0) is 19.9. The number of hydrogen-bond acceptors (Lipinski definition) is 6. The van der Waals surface area contributed by atoms with Crippen LogP contribution in [0.15, 0.2) is 12.5 Å². The maximum Gasteiger partial charge on any atom is 0.326 e. The van der Waals surface area contributed by atoms with Gasteiger partial charge in [-0.1, -0.05) is 0 Å². The molecule has 1 aromatic heterocycles. The molecule has 0 unspecified atom stereocenters. The van der Waals surface area contributed by atoms with Gasteiger partial charge in [-0.2, -0.15) is 0 Å². The maximum absolute atomic E-state index is 12.3. The number of carbonyl (C=O) groups is 4. The molecule has 1 heterocycles. The second-order valence-electron chi connectivity index (χ2n) is 6.30. The molecule has 0 aromatic carbocycles. The minimum atomic E-state index is -1.44. The van der Waals surface area contributed by atoms with Gasteiger partial charge in [0.25, 0.3) is 0 Å². The second-order valence-corrected chi connectivity index (χ2v) is 6.30. The highest BCUT2D eigenvalue weighted by molar-refractivity contribution is 5.94. The predicted molar refractivity (Wildman–Crippen MR) is 88.9 cm³/mol. The lowest BCUT2D eigenvalue weighted by molar-refractivity contribution is -0.144. The fourth-order valence-electron chi connectivity index (χ4n) is 2.05. The Hall–Kier alpha value is -2.95. The van der Waals surface area contributed by atoms with E-state index >= 15 is 0 Å². The van der Waals surface area contributed by atoms with Crippen LogP contribution in [0.25, 0.3) is 0 Å². The number of imidazole rings is 1. The zero-order valence-corrected chi connectivity index (χ0v) is 14.5. The van der Waals surface area contributed by atoms with Crippen molar-refractivity contribution in [2.45, 2.75) is 50.7 Å². The summed E-state index contributed by atoms with van der Waals surface area (Å²) in [5, 5.41) is 22.4. The number of aromatic amines is 1. The number of carboxylic acids is 2. The standard InChI is InChI=1S/C15H23N5O6/c1-15(2,14(26)19-10(13(24)25)3-4-11(21)22)20-12(23)9(16)5-8-6-17-7-18-8/h6-7,9-10H,3-5,16H2,1-2H3,(H,17,18)(H,19,26)(H,20,23)(H,21,22)(H,24,25)/t9-,10-/m0/s1. The van der Waals surface area contributed by atoms with E-state index in [0.29, 0.717) is 5.69 Å². The van der Waals surface area contributed by atoms with E-state index in [-0.39, 0.29) is 12.8 Å². The van der Waals surface area contributed by atoms with Crippen LogP contribution in [0.4, 0.5) is 0 Å². The van der Waals surface area contributed by atoms with E-state index in [1.165, 1.54) is 26.4 Å². The first-order valence-corrected chi connectivity index (χ1v) is 7.83. The van der Waals surface area contributed by atoms with E-state index in [1.54, 1.807) is 0 Å². The van der Waals surface area contributed by atoms with E-state index in [0.717, 1.165) is 0 Å². The van der Waals surface area contributed by atoms with Crippen molar-refractivity contribution in [2.75, 3.05) is 0 Å². The van der Waals surface area contributed by atoms with Crippen molar-refractivity contribution >= 4 is 23.8 Å². The van der Waals surface area contributed by atoms with Crippen LogP contribution in [0.5, 0.6) is 0 Å². The fourth-order valence-corrected chi connectivity index (χ4v) is 2.05. The van der Waals surface area contributed by atoms with Crippen LogP contribution in [-0.2, 0) is 25.6 Å². The first-order valence-electron chi connectivity index (χ1n) is 7.83. The minimum Gasteiger partial charge on any atom is -0.481 e. The van der Waals surface area contributed by atoms with Crippen molar-refractivity contribution in [3.8, 4) is 0 Å². The number of carbonyl (C=O) groups excluding carboxylic acids is 2. The topological polar surface area (TPSA) is 187 Å². The number of amides is 2. The third kappa shape index (κ3) is 6.51. The highest BCUT2D eigenvalue weighted by atomic mass is 16.4. The molecule has 144 valence electrons. The molecule has 11 nitrogen and oxygen atoms in total. The molecule has 2 atom stereocenters. The molecule has 0 aliphatic heterocycles. The first-order chi connectivity index (χ1) is 12.0. The molecule has 11 heteroatoms. The van der Waals surface area contributed by atoms with Gasteiger partial charge < -0.3 is 31.6 Å². The molecule has 26 heavy (non-hydrogen) atoms. The lowest BCUT2D eigenvalue weighted by Crippen LogP contribution is -2.60. The Bertz CT molecular complexity index is 657. The van der Waals surface area contributed by atoms with E-state index < -0.39 is 47.8 Å². The van der Waals surface area contributed by atoms with Crippen LogP contribution in [0.2, 0.25) is 0 Å². The monoisotopic (exact) mass is 369 g/mol. The average molecular weight is 369 g/mol. The summed E-state index contributed by atoms with van der Waals surface area (Å²) in [7, 11) is 0. The van der Waals surface area contributed by atoms with Crippen LogP contribution in [0.1, 0.15) is 32.4 Å². The Balaban J connectivity index is 2.65. The van der Waals surface area contributed by atoms with Crippen molar-refractivity contribution in [1.82, 2.24) is 20.6 Å². The Kier molecular flexibility index (Phi) is 7.26. The van der Waals surface area contributed by atoms with Crippen molar-refractivity contribution in [3.05, 3.63) is 18.2 Å². The highest BCUT2D eigenvalue weighted by Crippen LogP contribution is 2.07. The third-order valence-corrected chi connectivity index (χ3v) is 3.59. The van der Waals surface area contributed by atoms with Gasteiger partial charge in [0.2, 0.25) is 11.8 Å². The van der Waals surface area contributed by atoms with Gasteiger partial charge in [-0.05, 0) is 20.3 Å². The Morgan fingerprint density at radius 1 is 1.31 bits per heavy atom. The summed E-state index contributed by atoms with van der Waals surface area (Å²) in [5.74, 6) is -3.91. The van der Waals surface area contributed by atoms with E-state index in [1.807, 2.05) is 0 Å². The number of H-pyrrole nitrogens is 1. The lowest BCUT2D eigenvalue weighted by atomic mass is 10.0. The molecule has 0 saturated heterocycles. The van der Waals surface area contributed by atoms with Gasteiger partial charge in [0.15, 0.2) is 0 Å². The van der Waals surface area contributed by atoms with Gasteiger partial charge in [0.05, 0.1) is 12.4 Å². The summed E-state index contributed by atoms with van der Waals surface area (Å²) < 4.78 is 0. The predicted octanol–water partition coefficient (Wildman–Crippen LogP) is -1.39. The van der Waals surface area contributed by atoms with Crippen LogP contribution in [0.3, 0.4) is 0 Å². The molecule has 0 saturated carbocycles. The van der Waals surface area contributed by atoms with E-state index in [9.17, 15) is 19.2 Å². The lowest BCUT2D eigenvalue weighted by Gasteiger charge is -2.28. The van der Waals surface area contributed by atoms with E-state index in [2.05, 4.69) is 20.6 Å². The number of rotatable bonds is 10. The Morgan fingerprint density at radius 2 is 1.96 bits per heavy atom. The molecule has 0 aliphatic rings. The number of nitrogens with one attached hydrogen (secondary N) is 3. The molecule has 0 bridgehead atoms. The molecular formula is C15H23N5O6. The number of aliphatic carboxylic acids is 2. The average Bonchev–Trinajstić information content (AvgIpc) is 3.02. The second kappa shape index (κ2) is 8.94. The SMILES string of the molecule is CC(C)(NC(=O)[C@@H](N)Cc1cnc[nH]1)C(=O)N[C@@H](CCC(=O)O)C(=O)O. The number of nitrogens with two attached hydrogens (primary N) is 1. The Labute approximate surface area is 149 Å². The number of nitrogens with zero attached hydrogens (tertiary/aromatic N) is 1. The van der Waals surface area contributed by atoms with Crippen LogP contribution in [0, 0.1) is 0 Å². The summed E-state index contributed by atoms with van der Waals surface area (Å²) in [5.41, 5.74) is 5.00. The molecule has 0 spiro atoms. The van der Waals surface area contributed by atoms with Gasteiger partial charge in [-0.3, -0.25) is 14.4 Å². The Morgan fingerprint density at radius 3 is 2.46 bits per heavy atom. The first kappa shape index (κ1) is 21.1. The molecule has 0 fully saturated rings. The zero-order valence-electron chi connectivity index (χ0n) is 14.5. The van der Waals surface area contributed by atoms with Crippen LogP contribution in [-0.4, -0.2) is 61.6 Å². The number of hydrogen-bond donors (Lipinski definition) is 6. The van der Waals surface area contributed by atoms with Crippen LogP contribution < -0.4 is 16.4 Å². The van der Waals surface area contributed by atoms with Crippen molar-refractivity contribution < 1.29 is 29.4 Å². The van der Waals surface area contributed by atoms with Crippen LogP contribution >= 0.6 is 0 Å². The van der Waals surface area contributed by atoms with Crippen molar-refractivity contribution in [3.63, 3.8) is 0 Å². The summed E-state index contributed by atoms with van der Waals surface area (Å²) >= 11 is 0. The smallest absolute Gasteiger partial charge is 0.326 e. The van der Waals surface area contributed by atoms with Crippen molar-refractivity contribution in [1.29, 1.82) is 0 Å². The quantitative estimate of drug-likeness (QED) is 0.290. The van der Waals surface area contributed by atoms with Gasteiger partial charge >= 0.3 is 11.9 Å². The number of carboxylic acid groups (broad SMARTS) is 2. The summed E-state index contributed by atoms with van der Waals surface area (Å²) in [4.78, 5) is 52.8. The van der Waals surface area contributed by atoms with Gasteiger partial charge in [-0.15, -0.1) is 0 Å². The molecular weight excluding hydrogens is 346 g/mol. The molecule has 7 N–H and O–H groups in total. The summed E-state index contributed by atoms with van der Waals surface area (Å²) in [6.45, 7) is 2.78. The summed E-state index contributed by atoms with van der Waals surface area (Å²) in [6.07, 6.45) is 2.45. The fraction of sp³-hybridized carbons (Fsp3) is 0.533. The molecule has 2 amide bonds. The molecule has 0 radical (unpaired) electrons. The highest BCUT2D eigenvalue weighted by Gasteiger charge is 2.34. The maximum atomic E-state index is 12.3. The largest absolute Gasteiger partial charge is 0.481 e. The molecule has 0 aliphatic carbocycles.